The summed E-state index contributed by atoms with van der Waals surface area (Å²) in [6.07, 6.45) is 5.38. The Hall–Kier alpha value is -2.50. The van der Waals surface area contributed by atoms with Crippen molar-refractivity contribution in [2.45, 2.75) is 64.7 Å². The fourth-order valence-electron chi connectivity index (χ4n) is 6.82. The first-order chi connectivity index (χ1) is 14.8. The SMILES string of the molecule is Cc1cc(NC(=O)CCC2CC(=O)[C@@]3(C)CCC4c5ccc(F)cc5CCC4C23)no1. The number of anilines is 1. The molecule has 1 amide bonds. The van der Waals surface area contributed by atoms with Gasteiger partial charge in [-0.1, -0.05) is 18.1 Å². The Morgan fingerprint density at radius 3 is 2.94 bits per heavy atom. The molecule has 2 aromatic rings. The molecule has 5 nitrogen and oxygen atoms in total. The predicted molar refractivity (Wildman–Crippen MR) is 114 cm³/mol. The van der Waals surface area contributed by atoms with Crippen LogP contribution in [0.15, 0.2) is 28.8 Å². The molecule has 4 unspecified atom stereocenters. The Kier molecular flexibility index (Phi) is 4.98. The second-order valence-electron chi connectivity index (χ2n) is 9.93. The molecule has 0 bridgehead atoms. The number of amides is 1. The predicted octanol–water partition coefficient (Wildman–Crippen LogP) is 5.19. The van der Waals surface area contributed by atoms with Gasteiger partial charge in [0.1, 0.15) is 17.4 Å². The molecule has 1 aromatic heterocycles. The lowest BCUT2D eigenvalue weighted by Gasteiger charge is -2.50. The second-order valence-corrected chi connectivity index (χ2v) is 9.93. The third-order valence-corrected chi connectivity index (χ3v) is 8.17. The minimum atomic E-state index is -0.289. The highest BCUT2D eigenvalue weighted by molar-refractivity contribution is 5.90. The average Bonchev–Trinajstić information content (AvgIpc) is 3.25. The zero-order valence-electron chi connectivity index (χ0n) is 18.1. The number of carbonyl (C=O) groups excluding carboxylic acids is 2. The van der Waals surface area contributed by atoms with Crippen LogP contribution in [0.5, 0.6) is 0 Å². The lowest BCUT2D eigenvalue weighted by Crippen LogP contribution is -2.44. The van der Waals surface area contributed by atoms with Crippen molar-refractivity contribution in [1.82, 2.24) is 5.16 Å². The van der Waals surface area contributed by atoms with Crippen LogP contribution in [0.25, 0.3) is 0 Å². The molecule has 5 atom stereocenters. The van der Waals surface area contributed by atoms with Crippen molar-refractivity contribution < 1.29 is 18.5 Å². The van der Waals surface area contributed by atoms with Crippen LogP contribution >= 0.6 is 0 Å². The highest BCUT2D eigenvalue weighted by Crippen LogP contribution is 2.62. The van der Waals surface area contributed by atoms with Gasteiger partial charge in [-0.3, -0.25) is 9.59 Å². The van der Waals surface area contributed by atoms with Gasteiger partial charge in [-0.05, 0) is 86.0 Å². The molecule has 3 aliphatic rings. The monoisotopic (exact) mass is 424 g/mol. The zero-order valence-corrected chi connectivity index (χ0v) is 18.1. The van der Waals surface area contributed by atoms with Crippen molar-refractivity contribution in [2.24, 2.45) is 23.2 Å². The van der Waals surface area contributed by atoms with Gasteiger partial charge in [-0.2, -0.15) is 0 Å². The molecule has 1 N–H and O–H groups in total. The highest BCUT2D eigenvalue weighted by atomic mass is 19.1. The lowest BCUT2D eigenvalue weighted by atomic mass is 9.54. The van der Waals surface area contributed by atoms with Crippen molar-refractivity contribution in [2.75, 3.05) is 5.32 Å². The second kappa shape index (κ2) is 7.57. The van der Waals surface area contributed by atoms with Crippen LogP contribution < -0.4 is 5.32 Å². The van der Waals surface area contributed by atoms with E-state index in [1.165, 1.54) is 5.56 Å². The molecule has 0 aliphatic heterocycles. The molecule has 3 aliphatic carbocycles. The van der Waals surface area contributed by atoms with Gasteiger partial charge < -0.3 is 9.84 Å². The van der Waals surface area contributed by atoms with E-state index in [0.29, 0.717) is 54.4 Å². The van der Waals surface area contributed by atoms with E-state index in [9.17, 15) is 14.0 Å². The summed E-state index contributed by atoms with van der Waals surface area (Å²) in [6, 6.07) is 6.92. The molecular formula is C25H29FN2O3. The minimum absolute atomic E-state index is 0.0915. The molecule has 2 fully saturated rings. The van der Waals surface area contributed by atoms with Crippen LogP contribution in [0.3, 0.4) is 0 Å². The molecule has 1 aromatic carbocycles. The number of halogens is 1. The summed E-state index contributed by atoms with van der Waals surface area (Å²) in [5, 5.41) is 6.61. The van der Waals surface area contributed by atoms with E-state index in [-0.39, 0.29) is 23.1 Å². The van der Waals surface area contributed by atoms with Gasteiger partial charge in [0.25, 0.3) is 0 Å². The van der Waals surface area contributed by atoms with Crippen molar-refractivity contribution in [3.05, 3.63) is 47.0 Å². The maximum atomic E-state index is 13.7. The molecule has 2 saturated carbocycles. The normalized spacial score (nSPS) is 31.6. The Labute approximate surface area is 181 Å². The number of benzene rings is 1. The number of hydrogen-bond donors (Lipinski definition) is 1. The summed E-state index contributed by atoms with van der Waals surface area (Å²) in [6.45, 7) is 3.93. The third kappa shape index (κ3) is 3.50. The van der Waals surface area contributed by atoms with Crippen LogP contribution in [-0.2, 0) is 16.0 Å². The molecule has 164 valence electrons. The molecule has 0 spiro atoms. The topological polar surface area (TPSA) is 72.2 Å². The number of aromatic nitrogens is 1. The maximum Gasteiger partial charge on any atom is 0.225 e. The number of rotatable bonds is 4. The quantitative estimate of drug-likeness (QED) is 0.733. The van der Waals surface area contributed by atoms with Crippen LogP contribution in [0.2, 0.25) is 0 Å². The van der Waals surface area contributed by atoms with E-state index in [1.807, 2.05) is 6.07 Å². The first kappa shape index (κ1) is 20.4. The van der Waals surface area contributed by atoms with E-state index in [2.05, 4.69) is 17.4 Å². The number of Topliss-reactive ketones (excluding diaryl/α,β-unsaturated/α-hetero) is 1. The first-order valence-electron chi connectivity index (χ1n) is 11.4. The number of fused-ring (bicyclic) bond motifs is 5. The summed E-state index contributed by atoms with van der Waals surface area (Å²) < 4.78 is 18.8. The van der Waals surface area contributed by atoms with E-state index >= 15 is 0 Å². The summed E-state index contributed by atoms with van der Waals surface area (Å²) in [7, 11) is 0. The van der Waals surface area contributed by atoms with Crippen molar-refractivity contribution in [3.8, 4) is 0 Å². The molecule has 1 heterocycles. The fraction of sp³-hybridized carbons (Fsp3) is 0.560. The minimum Gasteiger partial charge on any atom is -0.360 e. The summed E-state index contributed by atoms with van der Waals surface area (Å²) in [4.78, 5) is 25.5. The van der Waals surface area contributed by atoms with Crippen molar-refractivity contribution in [1.29, 1.82) is 0 Å². The number of aryl methyl sites for hydroxylation is 2. The van der Waals surface area contributed by atoms with Gasteiger partial charge >= 0.3 is 0 Å². The Morgan fingerprint density at radius 1 is 1.32 bits per heavy atom. The Morgan fingerprint density at radius 2 is 2.16 bits per heavy atom. The average molecular weight is 425 g/mol. The van der Waals surface area contributed by atoms with Gasteiger partial charge in [0.15, 0.2) is 5.82 Å². The largest absolute Gasteiger partial charge is 0.360 e. The number of ketones is 1. The standard InChI is InChI=1S/C25H29FN2O3/c1-14-11-22(28-31-14)27-23(30)8-4-16-13-21(29)25(2)10-9-19-18-7-5-17(26)12-15(18)3-6-20(19)24(16)25/h5,7,11-12,16,19-20,24H,3-4,6,8-10,13H2,1-2H3,(H,27,28,30)/t16?,19?,20?,24?,25-/m1/s1. The Bertz CT molecular complexity index is 1030. The highest BCUT2D eigenvalue weighted by Gasteiger charge is 2.58. The summed E-state index contributed by atoms with van der Waals surface area (Å²) in [5.74, 6) is 2.51. The van der Waals surface area contributed by atoms with E-state index in [0.717, 1.165) is 31.2 Å². The fourth-order valence-corrected chi connectivity index (χ4v) is 6.82. The van der Waals surface area contributed by atoms with Gasteiger partial charge in [0.2, 0.25) is 5.91 Å². The van der Waals surface area contributed by atoms with E-state index < -0.39 is 0 Å². The molecule has 0 radical (unpaired) electrons. The van der Waals surface area contributed by atoms with Crippen LogP contribution in [0.4, 0.5) is 10.2 Å². The smallest absolute Gasteiger partial charge is 0.225 e. The lowest BCUT2D eigenvalue weighted by molar-refractivity contribution is -0.129. The zero-order chi connectivity index (χ0) is 21.8. The number of nitrogens with one attached hydrogen (secondary N) is 1. The summed E-state index contributed by atoms with van der Waals surface area (Å²) in [5.41, 5.74) is 2.12. The number of hydrogen-bond acceptors (Lipinski definition) is 4. The number of nitrogens with zero attached hydrogens (tertiary/aromatic N) is 1. The molecule has 6 heteroatoms. The molecule has 5 rings (SSSR count). The van der Waals surface area contributed by atoms with Crippen LogP contribution in [-0.4, -0.2) is 16.8 Å². The first-order valence-corrected chi connectivity index (χ1v) is 11.4. The summed E-state index contributed by atoms with van der Waals surface area (Å²) >= 11 is 0. The van der Waals surface area contributed by atoms with E-state index in [4.69, 9.17) is 4.52 Å². The molecular weight excluding hydrogens is 395 g/mol. The van der Waals surface area contributed by atoms with Crippen LogP contribution in [0.1, 0.15) is 68.3 Å². The van der Waals surface area contributed by atoms with Gasteiger partial charge in [-0.15, -0.1) is 0 Å². The van der Waals surface area contributed by atoms with Gasteiger partial charge in [-0.25, -0.2) is 4.39 Å². The van der Waals surface area contributed by atoms with Crippen molar-refractivity contribution in [3.63, 3.8) is 0 Å². The van der Waals surface area contributed by atoms with Crippen LogP contribution in [0, 0.1) is 35.9 Å². The molecule has 0 saturated heterocycles. The Balaban J connectivity index is 1.33. The van der Waals surface area contributed by atoms with Crippen molar-refractivity contribution >= 4 is 17.5 Å². The maximum absolute atomic E-state index is 13.7. The van der Waals surface area contributed by atoms with E-state index in [1.54, 1.807) is 25.1 Å². The molecule has 31 heavy (non-hydrogen) atoms. The third-order valence-electron chi connectivity index (χ3n) is 8.17. The number of carbonyl (C=O) groups is 2. The van der Waals surface area contributed by atoms with Gasteiger partial charge in [0.05, 0.1) is 0 Å². The van der Waals surface area contributed by atoms with Gasteiger partial charge in [0, 0.05) is 24.3 Å².